The van der Waals surface area contributed by atoms with Gasteiger partial charge in [0.1, 0.15) is 12.0 Å². The number of anilines is 1. The Labute approximate surface area is 118 Å². The molecule has 4 nitrogen and oxygen atoms in total. The van der Waals surface area contributed by atoms with Gasteiger partial charge in [0.2, 0.25) is 11.8 Å². The maximum Gasteiger partial charge on any atom is 0.248 e. The van der Waals surface area contributed by atoms with Crippen molar-refractivity contribution >= 4 is 34.8 Å². The van der Waals surface area contributed by atoms with Crippen molar-refractivity contribution in [3.05, 3.63) is 16.6 Å². The SMILES string of the molecule is O=C(Nc1c(Cl)ncnc1Cl)C1CCC(F)(F)CC1. The van der Waals surface area contributed by atoms with Crippen molar-refractivity contribution in [1.82, 2.24) is 9.97 Å². The number of nitrogens with one attached hydrogen (secondary N) is 1. The monoisotopic (exact) mass is 309 g/mol. The van der Waals surface area contributed by atoms with Gasteiger partial charge in [-0.05, 0) is 12.8 Å². The van der Waals surface area contributed by atoms with E-state index in [4.69, 9.17) is 23.2 Å². The molecular weight excluding hydrogens is 299 g/mol. The molecule has 1 heterocycles. The molecule has 104 valence electrons. The van der Waals surface area contributed by atoms with Crippen LogP contribution in [0.1, 0.15) is 25.7 Å². The van der Waals surface area contributed by atoms with E-state index in [2.05, 4.69) is 15.3 Å². The second-order valence-corrected chi connectivity index (χ2v) is 5.17. The van der Waals surface area contributed by atoms with Crippen molar-refractivity contribution in [2.45, 2.75) is 31.6 Å². The Morgan fingerprint density at radius 1 is 1.26 bits per heavy atom. The van der Waals surface area contributed by atoms with Crippen LogP contribution in [0.2, 0.25) is 10.3 Å². The molecule has 1 aromatic heterocycles. The highest BCUT2D eigenvalue weighted by Gasteiger charge is 2.37. The Bertz CT molecular complexity index is 469. The van der Waals surface area contributed by atoms with Crippen molar-refractivity contribution in [3.63, 3.8) is 0 Å². The van der Waals surface area contributed by atoms with Gasteiger partial charge in [0.25, 0.3) is 0 Å². The molecule has 0 aromatic carbocycles. The summed E-state index contributed by atoms with van der Waals surface area (Å²) in [4.78, 5) is 19.3. The normalized spacial score (nSPS) is 19.2. The fraction of sp³-hybridized carbons (Fsp3) is 0.545. The first-order valence-corrected chi connectivity index (χ1v) is 6.49. The zero-order valence-corrected chi connectivity index (χ0v) is 11.3. The van der Waals surface area contributed by atoms with E-state index in [9.17, 15) is 13.6 Å². The average Bonchev–Trinajstić information content (AvgIpc) is 2.33. The Morgan fingerprint density at radius 3 is 2.32 bits per heavy atom. The van der Waals surface area contributed by atoms with Gasteiger partial charge in [0.15, 0.2) is 10.3 Å². The molecule has 1 N–H and O–H groups in total. The number of halogens is 4. The van der Waals surface area contributed by atoms with Crippen LogP contribution in [-0.4, -0.2) is 21.8 Å². The van der Waals surface area contributed by atoms with Gasteiger partial charge >= 0.3 is 0 Å². The minimum Gasteiger partial charge on any atom is -0.321 e. The third kappa shape index (κ3) is 3.51. The van der Waals surface area contributed by atoms with Crippen LogP contribution >= 0.6 is 23.2 Å². The van der Waals surface area contributed by atoms with Crippen LogP contribution in [0.4, 0.5) is 14.5 Å². The minimum absolute atomic E-state index is 0.0227. The van der Waals surface area contributed by atoms with Crippen LogP contribution in [0.3, 0.4) is 0 Å². The lowest BCUT2D eigenvalue weighted by atomic mass is 9.86. The summed E-state index contributed by atoms with van der Waals surface area (Å²) in [5, 5.41) is 2.55. The summed E-state index contributed by atoms with van der Waals surface area (Å²) in [6.45, 7) is 0. The second-order valence-electron chi connectivity index (χ2n) is 4.45. The third-order valence-corrected chi connectivity index (χ3v) is 3.66. The summed E-state index contributed by atoms with van der Waals surface area (Å²) in [6.07, 6.45) is 0.890. The number of hydrogen-bond acceptors (Lipinski definition) is 3. The molecule has 0 bridgehead atoms. The maximum absolute atomic E-state index is 13.0. The van der Waals surface area contributed by atoms with E-state index in [0.29, 0.717) is 0 Å². The molecule has 1 fully saturated rings. The van der Waals surface area contributed by atoms with Gasteiger partial charge in [-0.15, -0.1) is 0 Å². The molecule has 0 saturated heterocycles. The van der Waals surface area contributed by atoms with E-state index < -0.39 is 11.8 Å². The summed E-state index contributed by atoms with van der Waals surface area (Å²) in [5.74, 6) is -3.51. The second kappa shape index (κ2) is 5.54. The van der Waals surface area contributed by atoms with E-state index in [1.165, 1.54) is 6.33 Å². The summed E-state index contributed by atoms with van der Waals surface area (Å²) in [6, 6.07) is 0. The van der Waals surface area contributed by atoms with Crippen LogP contribution in [0.25, 0.3) is 0 Å². The fourth-order valence-corrected chi connectivity index (χ4v) is 2.38. The van der Waals surface area contributed by atoms with Gasteiger partial charge < -0.3 is 5.32 Å². The number of nitrogens with zero attached hydrogens (tertiary/aromatic N) is 2. The minimum atomic E-state index is -2.66. The zero-order chi connectivity index (χ0) is 14.0. The highest BCUT2D eigenvalue weighted by molar-refractivity contribution is 6.38. The van der Waals surface area contributed by atoms with Crippen LogP contribution in [0.5, 0.6) is 0 Å². The van der Waals surface area contributed by atoms with E-state index in [0.717, 1.165) is 0 Å². The van der Waals surface area contributed by atoms with Crippen molar-refractivity contribution in [3.8, 4) is 0 Å². The molecule has 0 aliphatic heterocycles. The number of alkyl halides is 2. The van der Waals surface area contributed by atoms with Gasteiger partial charge in [-0.25, -0.2) is 18.7 Å². The van der Waals surface area contributed by atoms with Crippen LogP contribution in [0, 0.1) is 5.92 Å². The molecule has 0 radical (unpaired) electrons. The van der Waals surface area contributed by atoms with Crippen molar-refractivity contribution in [1.29, 1.82) is 0 Å². The molecule has 0 spiro atoms. The largest absolute Gasteiger partial charge is 0.321 e. The quantitative estimate of drug-likeness (QED) is 0.850. The van der Waals surface area contributed by atoms with E-state index in [1.54, 1.807) is 0 Å². The first-order chi connectivity index (χ1) is 8.89. The summed E-state index contributed by atoms with van der Waals surface area (Å²) >= 11 is 11.6. The lowest BCUT2D eigenvalue weighted by molar-refractivity contribution is -0.124. The highest BCUT2D eigenvalue weighted by Crippen LogP contribution is 2.37. The summed E-state index contributed by atoms with van der Waals surface area (Å²) < 4.78 is 26.0. The fourth-order valence-electron chi connectivity index (χ4n) is 1.98. The number of amides is 1. The van der Waals surface area contributed by atoms with Crippen molar-refractivity contribution in [2.75, 3.05) is 5.32 Å². The molecule has 1 amide bonds. The predicted octanol–water partition coefficient (Wildman–Crippen LogP) is 3.55. The third-order valence-electron chi connectivity index (χ3n) is 3.09. The number of carbonyl (C=O) groups is 1. The van der Waals surface area contributed by atoms with Crippen molar-refractivity contribution < 1.29 is 13.6 Å². The summed E-state index contributed by atoms with van der Waals surface area (Å²) in [7, 11) is 0. The van der Waals surface area contributed by atoms with Gasteiger partial charge in [0, 0.05) is 18.8 Å². The molecule has 1 aliphatic carbocycles. The first kappa shape index (κ1) is 14.4. The lowest BCUT2D eigenvalue weighted by Gasteiger charge is -2.27. The Balaban J connectivity index is 2.02. The van der Waals surface area contributed by atoms with Crippen LogP contribution in [0.15, 0.2) is 6.33 Å². The molecule has 8 heteroatoms. The van der Waals surface area contributed by atoms with Gasteiger partial charge in [-0.2, -0.15) is 0 Å². The van der Waals surface area contributed by atoms with Crippen LogP contribution in [-0.2, 0) is 4.79 Å². The topological polar surface area (TPSA) is 54.9 Å². The standard InChI is InChI=1S/C11H11Cl2F2N3O/c12-8-7(9(13)17-5-16-8)18-10(19)6-1-3-11(14,15)4-2-6/h5-6H,1-4H2,(H,18,19). The molecule has 1 saturated carbocycles. The lowest BCUT2D eigenvalue weighted by Crippen LogP contribution is -2.32. The number of aromatic nitrogens is 2. The molecule has 2 rings (SSSR count). The molecule has 0 unspecified atom stereocenters. The molecule has 1 aliphatic rings. The zero-order valence-electron chi connectivity index (χ0n) is 9.80. The Hall–Kier alpha value is -1.01. The molecule has 1 aromatic rings. The number of carbonyl (C=O) groups excluding carboxylic acids is 1. The first-order valence-electron chi connectivity index (χ1n) is 5.74. The highest BCUT2D eigenvalue weighted by atomic mass is 35.5. The van der Waals surface area contributed by atoms with Gasteiger partial charge in [-0.1, -0.05) is 23.2 Å². The predicted molar refractivity (Wildman–Crippen MR) is 67.6 cm³/mol. The Kier molecular flexibility index (Phi) is 4.20. The van der Waals surface area contributed by atoms with E-state index >= 15 is 0 Å². The van der Waals surface area contributed by atoms with Gasteiger partial charge in [0.05, 0.1) is 0 Å². The van der Waals surface area contributed by atoms with E-state index in [1.807, 2.05) is 0 Å². The number of hydrogen-bond donors (Lipinski definition) is 1. The smallest absolute Gasteiger partial charge is 0.248 e. The molecular formula is C11H11Cl2F2N3O. The summed E-state index contributed by atoms with van der Waals surface area (Å²) in [5.41, 5.74) is 0.119. The van der Waals surface area contributed by atoms with Crippen LogP contribution < -0.4 is 5.32 Å². The Morgan fingerprint density at radius 2 is 1.79 bits per heavy atom. The van der Waals surface area contributed by atoms with Gasteiger partial charge in [-0.3, -0.25) is 4.79 Å². The van der Waals surface area contributed by atoms with E-state index in [-0.39, 0.29) is 47.6 Å². The average molecular weight is 310 g/mol. The number of rotatable bonds is 2. The van der Waals surface area contributed by atoms with Crippen molar-refractivity contribution in [2.24, 2.45) is 5.92 Å². The molecule has 0 atom stereocenters. The maximum atomic E-state index is 13.0. The molecule has 19 heavy (non-hydrogen) atoms.